The molecule has 1 aromatic rings. The van der Waals surface area contributed by atoms with Crippen molar-refractivity contribution in [2.24, 2.45) is 5.41 Å². The van der Waals surface area contributed by atoms with Gasteiger partial charge in [-0.25, -0.2) is 0 Å². The Bertz CT molecular complexity index is 562. The third-order valence-corrected chi connectivity index (χ3v) is 4.08. The summed E-state index contributed by atoms with van der Waals surface area (Å²) in [6.45, 7) is 10.1. The summed E-state index contributed by atoms with van der Waals surface area (Å²) >= 11 is 0. The van der Waals surface area contributed by atoms with Gasteiger partial charge >= 0.3 is 0 Å². The summed E-state index contributed by atoms with van der Waals surface area (Å²) in [6.07, 6.45) is 0. The highest BCUT2D eigenvalue weighted by Gasteiger charge is 2.37. The van der Waals surface area contributed by atoms with E-state index in [1.807, 2.05) is 34.6 Å². The van der Waals surface area contributed by atoms with Crippen LogP contribution in [0.15, 0.2) is 0 Å². The van der Waals surface area contributed by atoms with E-state index in [-0.39, 0.29) is 5.91 Å². The number of nitrogen functional groups attached to an aromatic ring is 1. The highest BCUT2D eigenvalue weighted by molar-refractivity contribution is 6.00. The van der Waals surface area contributed by atoms with Crippen molar-refractivity contribution in [2.75, 3.05) is 24.3 Å². The second-order valence-corrected chi connectivity index (χ2v) is 6.00. The van der Waals surface area contributed by atoms with Crippen LogP contribution >= 0.6 is 0 Å². The van der Waals surface area contributed by atoms with Crippen LogP contribution in [0.1, 0.15) is 30.5 Å². The van der Waals surface area contributed by atoms with Crippen molar-refractivity contribution in [3.8, 4) is 5.75 Å². The van der Waals surface area contributed by atoms with Crippen molar-refractivity contribution in [1.29, 1.82) is 0 Å². The van der Waals surface area contributed by atoms with E-state index in [1.54, 1.807) is 11.9 Å². The molecule has 0 unspecified atom stereocenters. The number of hydrogen-bond acceptors (Lipinski definition) is 3. The lowest BCUT2D eigenvalue weighted by Crippen LogP contribution is -2.40. The van der Waals surface area contributed by atoms with E-state index in [0.29, 0.717) is 6.61 Å². The second kappa shape index (κ2) is 4.15. The van der Waals surface area contributed by atoms with E-state index in [0.717, 1.165) is 33.8 Å². The molecule has 2 N–H and O–H groups in total. The fourth-order valence-electron chi connectivity index (χ4n) is 2.58. The first-order valence-corrected chi connectivity index (χ1v) is 6.48. The van der Waals surface area contributed by atoms with Crippen molar-refractivity contribution < 1.29 is 9.53 Å². The first-order chi connectivity index (χ1) is 8.68. The van der Waals surface area contributed by atoms with Crippen LogP contribution < -0.4 is 15.4 Å². The number of hydrogen-bond donors (Lipinski definition) is 1. The molecule has 1 aliphatic heterocycles. The molecule has 2 rings (SSSR count). The number of benzene rings is 1. The molecule has 0 fully saturated rings. The number of rotatable bonds is 0. The van der Waals surface area contributed by atoms with Gasteiger partial charge in [0, 0.05) is 18.3 Å². The maximum Gasteiger partial charge on any atom is 0.235 e. The summed E-state index contributed by atoms with van der Waals surface area (Å²) in [5.74, 6) is 0.806. The fourth-order valence-corrected chi connectivity index (χ4v) is 2.58. The molecule has 0 aliphatic carbocycles. The number of anilines is 2. The van der Waals surface area contributed by atoms with Gasteiger partial charge in [-0.2, -0.15) is 0 Å². The number of amides is 1. The lowest BCUT2D eigenvalue weighted by molar-refractivity contribution is -0.127. The zero-order valence-electron chi connectivity index (χ0n) is 12.5. The molecular weight excluding hydrogens is 240 g/mol. The van der Waals surface area contributed by atoms with Crippen LogP contribution in [0.3, 0.4) is 0 Å². The number of nitrogens with two attached hydrogens (primary N) is 1. The van der Waals surface area contributed by atoms with Gasteiger partial charge in [0.25, 0.3) is 0 Å². The molecule has 4 heteroatoms. The summed E-state index contributed by atoms with van der Waals surface area (Å²) in [5.41, 5.74) is 10.1. The van der Waals surface area contributed by atoms with E-state index in [4.69, 9.17) is 10.5 Å². The van der Waals surface area contributed by atoms with E-state index >= 15 is 0 Å². The van der Waals surface area contributed by atoms with Gasteiger partial charge in [0.1, 0.15) is 12.4 Å². The molecule has 4 nitrogen and oxygen atoms in total. The largest absolute Gasteiger partial charge is 0.490 e. The van der Waals surface area contributed by atoms with E-state index < -0.39 is 5.41 Å². The molecule has 1 heterocycles. The molecule has 0 spiro atoms. The predicted molar refractivity (Wildman–Crippen MR) is 77.8 cm³/mol. The smallest absolute Gasteiger partial charge is 0.235 e. The van der Waals surface area contributed by atoms with E-state index in [9.17, 15) is 4.79 Å². The predicted octanol–water partition coefficient (Wildman–Crippen LogP) is 2.58. The average Bonchev–Trinajstić information content (AvgIpc) is 2.44. The molecule has 1 amide bonds. The van der Waals surface area contributed by atoms with Crippen LogP contribution in [0.2, 0.25) is 0 Å². The molecule has 1 aromatic carbocycles. The van der Waals surface area contributed by atoms with Gasteiger partial charge in [-0.05, 0) is 45.7 Å². The van der Waals surface area contributed by atoms with Crippen LogP contribution in [0.5, 0.6) is 5.75 Å². The van der Waals surface area contributed by atoms with Crippen molar-refractivity contribution in [3.05, 3.63) is 16.7 Å². The zero-order valence-corrected chi connectivity index (χ0v) is 12.5. The number of nitrogens with zero attached hydrogens (tertiary/aromatic N) is 1. The van der Waals surface area contributed by atoms with Crippen molar-refractivity contribution >= 4 is 17.3 Å². The van der Waals surface area contributed by atoms with Crippen LogP contribution in [0.4, 0.5) is 11.4 Å². The lowest BCUT2D eigenvalue weighted by Gasteiger charge is -2.26. The summed E-state index contributed by atoms with van der Waals surface area (Å²) in [6, 6.07) is 0. The first kappa shape index (κ1) is 13.7. The third kappa shape index (κ3) is 1.86. The van der Waals surface area contributed by atoms with Crippen molar-refractivity contribution in [3.63, 3.8) is 0 Å². The molecule has 0 atom stereocenters. The number of fused-ring (bicyclic) bond motifs is 1. The minimum absolute atomic E-state index is 0.0675. The molecule has 104 valence electrons. The third-order valence-electron chi connectivity index (χ3n) is 4.08. The summed E-state index contributed by atoms with van der Waals surface area (Å²) in [4.78, 5) is 14.2. The van der Waals surface area contributed by atoms with Crippen LogP contribution in [-0.2, 0) is 4.79 Å². The molecule has 0 saturated carbocycles. The molecule has 0 saturated heterocycles. The number of carbonyl (C=O) groups excluding carboxylic acids is 1. The van der Waals surface area contributed by atoms with E-state index in [1.165, 1.54) is 0 Å². The SMILES string of the molecule is Cc1c(C)c2c(c(C)c1N)OCC(C)(C)C(=O)N2C. The molecular formula is C15H22N2O2. The van der Waals surface area contributed by atoms with Gasteiger partial charge in [0.05, 0.1) is 11.1 Å². The van der Waals surface area contributed by atoms with E-state index in [2.05, 4.69) is 0 Å². The molecule has 19 heavy (non-hydrogen) atoms. The Morgan fingerprint density at radius 1 is 1.16 bits per heavy atom. The highest BCUT2D eigenvalue weighted by Crippen LogP contribution is 2.44. The lowest BCUT2D eigenvalue weighted by atomic mass is 9.93. The Morgan fingerprint density at radius 3 is 2.32 bits per heavy atom. The Balaban J connectivity index is 2.75. The van der Waals surface area contributed by atoms with Gasteiger partial charge in [-0.15, -0.1) is 0 Å². The average molecular weight is 262 g/mol. The Hall–Kier alpha value is -1.71. The molecule has 0 aromatic heterocycles. The van der Waals surface area contributed by atoms with Gasteiger partial charge < -0.3 is 15.4 Å². The van der Waals surface area contributed by atoms with Crippen molar-refractivity contribution in [2.45, 2.75) is 34.6 Å². The Morgan fingerprint density at radius 2 is 1.74 bits per heavy atom. The van der Waals surface area contributed by atoms with Crippen molar-refractivity contribution in [1.82, 2.24) is 0 Å². The number of carbonyl (C=O) groups is 1. The first-order valence-electron chi connectivity index (χ1n) is 6.48. The molecule has 1 aliphatic rings. The second-order valence-electron chi connectivity index (χ2n) is 6.00. The van der Waals surface area contributed by atoms with Crippen LogP contribution in [-0.4, -0.2) is 19.6 Å². The topological polar surface area (TPSA) is 55.6 Å². The van der Waals surface area contributed by atoms with Gasteiger partial charge in [-0.3, -0.25) is 4.79 Å². The highest BCUT2D eigenvalue weighted by atomic mass is 16.5. The maximum absolute atomic E-state index is 12.5. The number of ether oxygens (including phenoxy) is 1. The standard InChI is InChI=1S/C15H22N2O2/c1-8-9(2)12-13(10(3)11(8)16)19-7-15(4,5)14(18)17(12)6/h7,16H2,1-6H3. The normalized spacial score (nSPS) is 17.8. The quantitative estimate of drug-likeness (QED) is 0.731. The zero-order chi connectivity index (χ0) is 14.5. The summed E-state index contributed by atoms with van der Waals surface area (Å²) in [5, 5.41) is 0. The summed E-state index contributed by atoms with van der Waals surface area (Å²) in [7, 11) is 1.81. The van der Waals surface area contributed by atoms with Gasteiger partial charge in [0.2, 0.25) is 5.91 Å². The molecule has 0 bridgehead atoms. The minimum atomic E-state index is -0.532. The minimum Gasteiger partial charge on any atom is -0.490 e. The maximum atomic E-state index is 12.5. The van der Waals surface area contributed by atoms with Gasteiger partial charge in [-0.1, -0.05) is 0 Å². The van der Waals surface area contributed by atoms with Crippen LogP contribution in [0.25, 0.3) is 0 Å². The van der Waals surface area contributed by atoms with Crippen LogP contribution in [0, 0.1) is 26.2 Å². The summed E-state index contributed by atoms with van der Waals surface area (Å²) < 4.78 is 5.91. The molecule has 0 radical (unpaired) electrons. The monoisotopic (exact) mass is 262 g/mol. The van der Waals surface area contributed by atoms with Gasteiger partial charge in [0.15, 0.2) is 0 Å². The fraction of sp³-hybridized carbons (Fsp3) is 0.533. The Kier molecular flexibility index (Phi) is 3.00. The Labute approximate surface area is 114 Å².